The van der Waals surface area contributed by atoms with Crippen molar-refractivity contribution in [2.24, 2.45) is 7.05 Å². The molecule has 0 unspecified atom stereocenters. The topological polar surface area (TPSA) is 30.7 Å². The minimum Gasteiger partial charge on any atom is -0.276 e. The average Bonchev–Trinajstić information content (AvgIpc) is 3.21. The molecule has 2 heterocycles. The highest BCUT2D eigenvalue weighted by Crippen LogP contribution is 2.32. The molecular weight excluding hydrogens is 433 g/mol. The van der Waals surface area contributed by atoms with E-state index in [1.807, 2.05) is 51.0 Å². The second-order valence-electron chi connectivity index (χ2n) is 7.36. The maximum absolute atomic E-state index is 14.4. The van der Waals surface area contributed by atoms with Crippen molar-refractivity contribution < 1.29 is 4.39 Å². The smallest absolute Gasteiger partial charge is 0.132 e. The van der Waals surface area contributed by atoms with Gasteiger partial charge in [-0.25, -0.2) is 4.39 Å². The van der Waals surface area contributed by atoms with Crippen molar-refractivity contribution in [3.63, 3.8) is 0 Å². The van der Waals surface area contributed by atoms with Crippen LogP contribution in [0.15, 0.2) is 43.2 Å². The van der Waals surface area contributed by atoms with E-state index in [1.54, 1.807) is 12.1 Å². The molecule has 2 aromatic heterocycles. The molecule has 182 valence electrons. The highest BCUT2D eigenvalue weighted by Gasteiger charge is 2.16. The van der Waals surface area contributed by atoms with E-state index in [0.29, 0.717) is 10.6 Å². The summed E-state index contributed by atoms with van der Waals surface area (Å²) in [7, 11) is 1.93. The lowest BCUT2D eigenvalue weighted by Crippen LogP contribution is -2.04. The lowest BCUT2D eigenvalue weighted by atomic mass is 9.93. The van der Waals surface area contributed by atoms with Crippen molar-refractivity contribution in [1.29, 1.82) is 0 Å². The second-order valence-corrected chi connectivity index (χ2v) is 7.80. The van der Waals surface area contributed by atoms with Crippen LogP contribution in [0.25, 0.3) is 16.7 Å². The normalized spacial score (nSPS) is 9.73. The van der Waals surface area contributed by atoms with Crippen LogP contribution in [0.1, 0.15) is 77.9 Å². The Hall–Kier alpha value is -2.46. The van der Waals surface area contributed by atoms with E-state index in [0.717, 1.165) is 53.8 Å². The van der Waals surface area contributed by atoms with Gasteiger partial charge in [0.15, 0.2) is 0 Å². The highest BCUT2D eigenvalue weighted by molar-refractivity contribution is 6.30. The molecule has 5 heteroatoms. The van der Waals surface area contributed by atoms with Gasteiger partial charge in [-0.3, -0.25) is 9.67 Å². The van der Waals surface area contributed by atoms with Crippen LogP contribution in [0.4, 0.5) is 4.39 Å². The Morgan fingerprint density at radius 2 is 1.76 bits per heavy atom. The fourth-order valence-corrected chi connectivity index (χ4v) is 3.43. The number of hydrogen-bond acceptors (Lipinski definition) is 2. The molecule has 1 aromatic carbocycles. The van der Waals surface area contributed by atoms with E-state index in [1.165, 1.54) is 11.6 Å². The Morgan fingerprint density at radius 1 is 1.09 bits per heavy atom. The zero-order valence-electron chi connectivity index (χ0n) is 20.6. The Labute approximate surface area is 205 Å². The molecule has 0 radical (unpaired) electrons. The van der Waals surface area contributed by atoms with Crippen molar-refractivity contribution in [1.82, 2.24) is 14.8 Å². The fourth-order valence-electron chi connectivity index (χ4n) is 3.27. The molecule has 3 rings (SSSR count). The van der Waals surface area contributed by atoms with Gasteiger partial charge >= 0.3 is 0 Å². The van der Waals surface area contributed by atoms with Crippen molar-refractivity contribution in [3.05, 3.63) is 76.6 Å². The molecular formula is C28H41ClFN3. The number of aromatic nitrogens is 3. The predicted molar refractivity (Wildman–Crippen MR) is 143 cm³/mol. The molecule has 0 saturated carbocycles. The number of rotatable bonds is 6. The zero-order chi connectivity index (χ0) is 24.3. The number of allylic oxidation sites excluding steroid dienone is 1. The summed E-state index contributed by atoms with van der Waals surface area (Å²) in [6.07, 6.45) is 7.68. The van der Waals surface area contributed by atoms with Gasteiger partial charge < -0.3 is 0 Å². The number of aryl methyl sites for hydroxylation is 3. The van der Waals surface area contributed by atoms with Crippen LogP contribution in [0.3, 0.4) is 0 Å². The van der Waals surface area contributed by atoms with Gasteiger partial charge in [0.2, 0.25) is 0 Å². The third kappa shape index (κ3) is 8.77. The van der Waals surface area contributed by atoms with Crippen LogP contribution in [0.2, 0.25) is 5.02 Å². The third-order valence-corrected chi connectivity index (χ3v) is 5.11. The molecule has 33 heavy (non-hydrogen) atoms. The summed E-state index contributed by atoms with van der Waals surface area (Å²) in [5.74, 6) is -0.300. The SMILES string of the molecule is C.C=C(C)c1cc(-c2ccc(Cl)cc2F)c(CCC)c(CC)n1.CC.CCc1cnn(C)c1. The first-order valence-electron chi connectivity index (χ1n) is 11.4. The van der Waals surface area contributed by atoms with Crippen LogP contribution in [0.5, 0.6) is 0 Å². The number of pyridine rings is 1. The first-order valence-corrected chi connectivity index (χ1v) is 11.8. The van der Waals surface area contributed by atoms with Gasteiger partial charge in [0.05, 0.1) is 11.9 Å². The first kappa shape index (κ1) is 30.5. The van der Waals surface area contributed by atoms with Crippen molar-refractivity contribution in [2.75, 3.05) is 0 Å². The van der Waals surface area contributed by atoms with Gasteiger partial charge in [-0.1, -0.05) is 66.6 Å². The highest BCUT2D eigenvalue weighted by atomic mass is 35.5. The largest absolute Gasteiger partial charge is 0.276 e. The minimum absolute atomic E-state index is 0. The Balaban J connectivity index is 0.000000782. The van der Waals surface area contributed by atoms with Crippen LogP contribution < -0.4 is 0 Å². The summed E-state index contributed by atoms with van der Waals surface area (Å²) < 4.78 is 16.2. The molecule has 0 fully saturated rings. The summed E-state index contributed by atoms with van der Waals surface area (Å²) in [6.45, 7) is 16.2. The molecule has 0 aliphatic heterocycles. The molecule has 3 nitrogen and oxygen atoms in total. The Kier molecular flexibility index (Phi) is 14.2. The van der Waals surface area contributed by atoms with Gasteiger partial charge in [0.25, 0.3) is 0 Å². The number of halogens is 2. The maximum Gasteiger partial charge on any atom is 0.132 e. The van der Waals surface area contributed by atoms with Crippen LogP contribution in [-0.2, 0) is 26.3 Å². The van der Waals surface area contributed by atoms with E-state index < -0.39 is 0 Å². The van der Waals surface area contributed by atoms with E-state index in [-0.39, 0.29) is 13.2 Å². The molecule has 0 spiro atoms. The van der Waals surface area contributed by atoms with E-state index >= 15 is 0 Å². The quantitative estimate of drug-likeness (QED) is 0.358. The monoisotopic (exact) mass is 473 g/mol. The molecule has 0 aliphatic carbocycles. The number of hydrogen-bond donors (Lipinski definition) is 0. The van der Waals surface area contributed by atoms with E-state index in [9.17, 15) is 4.39 Å². The Morgan fingerprint density at radius 3 is 2.18 bits per heavy atom. The van der Waals surface area contributed by atoms with E-state index in [2.05, 4.69) is 32.4 Å². The van der Waals surface area contributed by atoms with E-state index in [4.69, 9.17) is 16.6 Å². The number of nitrogens with zero attached hydrogens (tertiary/aromatic N) is 3. The fraction of sp³-hybridized carbons (Fsp3) is 0.429. The van der Waals surface area contributed by atoms with Crippen molar-refractivity contribution in [3.8, 4) is 11.1 Å². The predicted octanol–water partition coefficient (Wildman–Crippen LogP) is 8.73. The van der Waals surface area contributed by atoms with Crippen LogP contribution in [-0.4, -0.2) is 14.8 Å². The maximum atomic E-state index is 14.4. The van der Waals surface area contributed by atoms with Crippen LogP contribution >= 0.6 is 11.6 Å². The van der Waals surface area contributed by atoms with Gasteiger partial charge in [-0.2, -0.15) is 5.10 Å². The van der Waals surface area contributed by atoms with Gasteiger partial charge in [0.1, 0.15) is 5.82 Å². The lowest BCUT2D eigenvalue weighted by molar-refractivity contribution is 0.631. The standard InChI is InChI=1S/C19H21ClFN.C6H10N2.C2H6.CH4/c1-5-7-15-16(14-9-8-13(20)10-17(14)21)11-19(12(3)4)22-18(15)6-2;1-3-6-4-7-8(2)5-6;1-2;/h8-11H,3,5-7H2,1-2,4H3;4-5H,3H2,1-2H3;1-2H3;1H4. The summed E-state index contributed by atoms with van der Waals surface area (Å²) in [5.41, 5.74) is 6.62. The summed E-state index contributed by atoms with van der Waals surface area (Å²) >= 11 is 5.88. The second kappa shape index (κ2) is 15.4. The Bertz CT molecular complexity index is 1010. The number of benzene rings is 1. The van der Waals surface area contributed by atoms with Gasteiger partial charge in [-0.05, 0) is 72.7 Å². The van der Waals surface area contributed by atoms with Crippen molar-refractivity contribution >= 4 is 17.2 Å². The third-order valence-electron chi connectivity index (χ3n) is 4.87. The summed E-state index contributed by atoms with van der Waals surface area (Å²) in [4.78, 5) is 4.69. The summed E-state index contributed by atoms with van der Waals surface area (Å²) in [6, 6.07) is 6.77. The lowest BCUT2D eigenvalue weighted by Gasteiger charge is -2.16. The average molecular weight is 474 g/mol. The molecule has 0 atom stereocenters. The van der Waals surface area contributed by atoms with Gasteiger partial charge in [0, 0.05) is 29.5 Å². The first-order chi connectivity index (χ1) is 15.3. The van der Waals surface area contributed by atoms with Crippen LogP contribution in [0, 0.1) is 5.82 Å². The van der Waals surface area contributed by atoms with Gasteiger partial charge in [-0.15, -0.1) is 0 Å². The zero-order valence-corrected chi connectivity index (χ0v) is 21.4. The summed E-state index contributed by atoms with van der Waals surface area (Å²) in [5, 5.41) is 4.41. The molecule has 0 amide bonds. The minimum atomic E-state index is -0.300. The van der Waals surface area contributed by atoms with Crippen molar-refractivity contribution in [2.45, 2.75) is 74.7 Å². The molecule has 0 saturated heterocycles. The molecule has 0 bridgehead atoms. The molecule has 0 aliphatic rings. The molecule has 3 aromatic rings. The molecule has 0 N–H and O–H groups in total.